The van der Waals surface area contributed by atoms with Gasteiger partial charge < -0.3 is 57.9 Å². The van der Waals surface area contributed by atoms with Crippen LogP contribution in [0.25, 0.3) is 29.9 Å². The number of aryl methyl sites for hydroxylation is 6. The van der Waals surface area contributed by atoms with Crippen LogP contribution in [0.5, 0.6) is 0 Å². The van der Waals surface area contributed by atoms with Crippen molar-refractivity contribution in [2.75, 3.05) is 0 Å². The largest absolute Gasteiger partial charge is 4.00 e. The smallest absolute Gasteiger partial charge is 0.687 e. The molecular formula is C66H98N6P2Si6U2. The molecule has 0 atom stereocenters. The molecule has 16 heteroatoms. The average molecular weight is 1680 g/mol. The number of nitrogens with zero attached hydrogens (tertiary/aromatic N) is 6. The van der Waals surface area contributed by atoms with Crippen LogP contribution < -0.4 is 0 Å². The van der Waals surface area contributed by atoms with Gasteiger partial charge in [0.25, 0.3) is 0 Å². The second kappa shape index (κ2) is 30.5. The van der Waals surface area contributed by atoms with Gasteiger partial charge in [-0.25, -0.2) is 0 Å². The van der Waals surface area contributed by atoms with Gasteiger partial charge in [-0.3, -0.25) is 0 Å². The first-order valence-corrected chi connectivity index (χ1v) is 48.7. The van der Waals surface area contributed by atoms with Gasteiger partial charge in [0.2, 0.25) is 0 Å². The number of rotatable bonds is 18. The minimum absolute atomic E-state index is 0. The summed E-state index contributed by atoms with van der Waals surface area (Å²) >= 11 is 0. The van der Waals surface area contributed by atoms with E-state index < -0.39 is 49.4 Å². The number of hydrogen-bond donors (Lipinski definition) is 0. The zero-order valence-electron chi connectivity index (χ0n) is 54.6. The van der Waals surface area contributed by atoms with Crippen molar-refractivity contribution in [2.45, 2.75) is 171 Å². The fourth-order valence-corrected chi connectivity index (χ4v) is 64.3. The Bertz CT molecular complexity index is 2390. The first kappa shape index (κ1) is 74.6. The van der Waals surface area contributed by atoms with Crippen molar-refractivity contribution >= 4 is 101 Å². The van der Waals surface area contributed by atoms with E-state index in [0.29, 0.717) is 20.4 Å². The van der Waals surface area contributed by atoms with Crippen molar-refractivity contribution in [2.24, 2.45) is 10.8 Å². The molecule has 6 nitrogen and oxygen atoms in total. The standard InChI is InChI=1S/2C28H40N3Si3.C10H18P2.2U/c2*1-22-10-16-25(17-11-22)29-32(4,5)28(33(6,7)30-26-18-12-23(2)13-19-26)34(8,9)31-27-20-14-24(3)15-21-27;1-9(2,3)7-11-8(12-7)10(4,5)6;;/h2*10-21,28H,1-9H3;1-6H3;;/q2*-3;-2;2*+4. The van der Waals surface area contributed by atoms with E-state index in [1.807, 2.05) is 0 Å². The van der Waals surface area contributed by atoms with Gasteiger partial charge in [0.05, 0.1) is 0 Å². The molecule has 1 aliphatic heterocycles. The van der Waals surface area contributed by atoms with Gasteiger partial charge in [-0.1, -0.05) is 358 Å². The van der Waals surface area contributed by atoms with Crippen LogP contribution in [0.2, 0.25) is 88.1 Å². The summed E-state index contributed by atoms with van der Waals surface area (Å²) < 4.78 is 0. The van der Waals surface area contributed by atoms with E-state index in [4.69, 9.17) is 29.9 Å². The van der Waals surface area contributed by atoms with Gasteiger partial charge in [0.1, 0.15) is 0 Å². The summed E-state index contributed by atoms with van der Waals surface area (Å²) in [6.07, 6.45) is 0. The van der Waals surface area contributed by atoms with Crippen LogP contribution in [0.3, 0.4) is 0 Å². The van der Waals surface area contributed by atoms with Gasteiger partial charge in [-0.2, -0.15) is 10.8 Å². The van der Waals surface area contributed by atoms with Crippen LogP contribution in [-0.4, -0.2) is 49.4 Å². The zero-order valence-corrected chi connectivity index (χ0v) is 70.7. The van der Waals surface area contributed by atoms with Crippen LogP contribution in [0.15, 0.2) is 146 Å². The zero-order chi connectivity index (χ0) is 59.9. The van der Waals surface area contributed by atoms with Crippen molar-refractivity contribution in [1.29, 1.82) is 0 Å². The maximum atomic E-state index is 5.46. The molecule has 0 unspecified atom stereocenters. The third-order valence-electron chi connectivity index (χ3n) is 14.7. The molecule has 0 amide bonds. The van der Waals surface area contributed by atoms with Crippen LogP contribution in [0.1, 0.15) is 74.9 Å². The van der Waals surface area contributed by atoms with Crippen LogP contribution >= 0.6 is 17.2 Å². The molecule has 0 aliphatic carbocycles. The summed E-state index contributed by atoms with van der Waals surface area (Å²) in [7, 11) is -9.75. The molecule has 1 fully saturated rings. The monoisotopic (exact) mass is 1680 g/mol. The summed E-state index contributed by atoms with van der Waals surface area (Å²) in [5.41, 5.74) is 15.0. The molecule has 6 aromatic carbocycles. The van der Waals surface area contributed by atoms with Crippen LogP contribution in [0.4, 0.5) is 34.1 Å². The topological polar surface area (TPSA) is 84.6 Å². The molecule has 82 heavy (non-hydrogen) atoms. The van der Waals surface area contributed by atoms with Crippen LogP contribution in [0, 0.1) is 125 Å². The quantitative estimate of drug-likeness (QED) is 0.0467. The first-order chi connectivity index (χ1) is 36.8. The molecule has 1 aliphatic rings. The average Bonchev–Trinajstić information content (AvgIpc) is 3.29. The summed E-state index contributed by atoms with van der Waals surface area (Å²) in [4.78, 5) is 33.6. The predicted octanol–water partition coefficient (Wildman–Crippen LogP) is 25.1. The maximum absolute atomic E-state index is 5.46. The Balaban J connectivity index is 0.000000351. The molecular weight excluding hydrogens is 1580 g/mol. The van der Waals surface area contributed by atoms with E-state index in [0.717, 1.165) is 34.1 Å². The summed E-state index contributed by atoms with van der Waals surface area (Å²) in [5, 5.41) is 3.35. The summed E-state index contributed by atoms with van der Waals surface area (Å²) in [5.74, 6) is 0. The maximum Gasteiger partial charge on any atom is 4.00 e. The van der Waals surface area contributed by atoms with Crippen molar-refractivity contribution in [1.82, 2.24) is 0 Å². The first-order valence-electron chi connectivity index (χ1n) is 28.7. The second-order valence-electron chi connectivity index (χ2n) is 27.8. The van der Waals surface area contributed by atoms with Gasteiger partial charge >= 0.3 is 62.2 Å². The Kier molecular flexibility index (Phi) is 27.8. The molecule has 0 aromatic heterocycles. The summed E-state index contributed by atoms with van der Waals surface area (Å²) in [6.45, 7) is 55.7. The molecule has 0 N–H and O–H groups in total. The molecule has 1 saturated heterocycles. The summed E-state index contributed by atoms with van der Waals surface area (Å²) in [6, 6.07) is 51.9. The van der Waals surface area contributed by atoms with Gasteiger partial charge in [-0.15, -0.1) is 34.1 Å². The Morgan fingerprint density at radius 3 is 0.500 bits per heavy atom. The molecule has 0 bridgehead atoms. The van der Waals surface area contributed by atoms with Crippen molar-refractivity contribution < 1.29 is 62.2 Å². The van der Waals surface area contributed by atoms with E-state index in [9.17, 15) is 0 Å². The Morgan fingerprint density at radius 1 is 0.268 bits per heavy atom. The second-order valence-corrected chi connectivity index (χ2v) is 58.9. The van der Waals surface area contributed by atoms with Crippen molar-refractivity contribution in [3.63, 3.8) is 0 Å². The Morgan fingerprint density at radius 2 is 0.390 bits per heavy atom. The third kappa shape index (κ3) is 22.5. The minimum atomic E-state index is -2.13. The van der Waals surface area contributed by atoms with E-state index in [1.165, 1.54) is 50.5 Å². The molecule has 0 saturated carbocycles. The molecule has 0 spiro atoms. The van der Waals surface area contributed by atoms with E-state index in [-0.39, 0.29) is 62.2 Å². The molecule has 434 valence electrons. The minimum Gasteiger partial charge on any atom is -0.687 e. The Hall–Kier alpha value is -1.61. The molecule has 1 heterocycles. The van der Waals surface area contributed by atoms with Crippen molar-refractivity contribution in [3.05, 3.63) is 220 Å². The molecule has 7 rings (SSSR count). The molecule has 6 aromatic rings. The predicted molar refractivity (Wildman–Crippen MR) is 377 cm³/mol. The van der Waals surface area contributed by atoms with E-state index in [1.54, 1.807) is 10.8 Å². The Labute approximate surface area is 558 Å². The third-order valence-corrected chi connectivity index (χ3v) is 58.4. The SMILES string of the molecule is CC(C)(C)[C-]1[P][C-](C(C)(C)C)[P]1.Cc1ccc([N-][Si](C)(C)C([Si](C)(C)[N-]c2ccc(C)cc2)[Si](C)(C)[N-]c2ccc(C)cc2)cc1.Cc1ccc([N-][Si](C)(C)C([Si](C)(C)[N-]c2ccc(C)cc2)[Si](C)(C)[N-]c2ccc(C)cc2)cc1.[U+4].[U+4]. The van der Waals surface area contributed by atoms with Gasteiger partial charge in [0, 0.05) is 0 Å². The normalized spacial score (nSPS) is 14.3. The number of hydrogen-bond acceptors (Lipinski definition) is 0. The van der Waals surface area contributed by atoms with Gasteiger partial charge in [-0.05, 0) is 41.5 Å². The van der Waals surface area contributed by atoms with Gasteiger partial charge in [0.15, 0.2) is 0 Å². The fourth-order valence-electron chi connectivity index (χ4n) is 12.2. The van der Waals surface area contributed by atoms with Crippen LogP contribution in [-0.2, 0) is 0 Å². The van der Waals surface area contributed by atoms with E-state index >= 15 is 0 Å². The fraction of sp³-hybridized carbons (Fsp3) is 0.424. The number of benzene rings is 6. The molecule has 2 radical (unpaired) electrons. The van der Waals surface area contributed by atoms with Crippen molar-refractivity contribution in [3.8, 4) is 0 Å². The van der Waals surface area contributed by atoms with E-state index in [2.05, 4.69) is 307 Å².